The minimum absolute atomic E-state index is 0.0635. The summed E-state index contributed by atoms with van der Waals surface area (Å²) in [5.74, 6) is 0.496. The molecule has 5 nitrogen and oxygen atoms in total. The lowest BCUT2D eigenvalue weighted by atomic mass is 10.2. The molecule has 3 rings (SSSR count). The van der Waals surface area contributed by atoms with Gasteiger partial charge in [0.05, 0.1) is 18.9 Å². The van der Waals surface area contributed by atoms with Crippen LogP contribution < -0.4 is 10.1 Å². The molecule has 0 spiro atoms. The van der Waals surface area contributed by atoms with Crippen LogP contribution in [0.25, 0.3) is 0 Å². The predicted molar refractivity (Wildman–Crippen MR) is 88.3 cm³/mol. The van der Waals surface area contributed by atoms with Gasteiger partial charge in [-0.05, 0) is 31.4 Å². The minimum atomic E-state index is -0.183. The molecule has 0 aromatic heterocycles. The third-order valence-corrected chi connectivity index (χ3v) is 4.70. The molecule has 1 aromatic carbocycles. The zero-order chi connectivity index (χ0) is 16.2. The second-order valence-corrected chi connectivity index (χ2v) is 6.41. The monoisotopic (exact) mass is 316 g/mol. The van der Waals surface area contributed by atoms with Gasteiger partial charge < -0.3 is 15.0 Å². The first-order valence-corrected chi connectivity index (χ1v) is 8.43. The number of amides is 2. The van der Waals surface area contributed by atoms with E-state index in [-0.39, 0.29) is 23.7 Å². The molecular formula is C18H24N2O3. The molecule has 2 atom stereocenters. The van der Waals surface area contributed by atoms with E-state index in [9.17, 15) is 9.59 Å². The number of carbonyl (C=O) groups is 2. The highest BCUT2D eigenvalue weighted by molar-refractivity contribution is 5.99. The summed E-state index contributed by atoms with van der Waals surface area (Å²) in [5, 5.41) is 2.89. The topological polar surface area (TPSA) is 58.6 Å². The van der Waals surface area contributed by atoms with E-state index in [0.29, 0.717) is 17.9 Å². The lowest BCUT2D eigenvalue weighted by molar-refractivity contribution is -0.134. The highest BCUT2D eigenvalue weighted by Gasteiger charge is 2.49. The Morgan fingerprint density at radius 1 is 1.13 bits per heavy atom. The Labute approximate surface area is 137 Å². The van der Waals surface area contributed by atoms with Crippen molar-refractivity contribution in [1.82, 2.24) is 4.90 Å². The van der Waals surface area contributed by atoms with E-state index >= 15 is 0 Å². The Kier molecular flexibility index (Phi) is 4.84. The van der Waals surface area contributed by atoms with E-state index < -0.39 is 0 Å². The SMILES string of the molecule is COc1cccc(NC(=O)C2CC2C(=O)N2CCCCCC2)c1. The number of nitrogens with one attached hydrogen (secondary N) is 1. The highest BCUT2D eigenvalue weighted by Crippen LogP contribution is 2.41. The molecule has 0 radical (unpaired) electrons. The first-order chi connectivity index (χ1) is 11.2. The number of benzene rings is 1. The summed E-state index contributed by atoms with van der Waals surface area (Å²) in [6.07, 6.45) is 5.24. The van der Waals surface area contributed by atoms with Crippen LogP contribution in [0.4, 0.5) is 5.69 Å². The molecule has 124 valence electrons. The van der Waals surface area contributed by atoms with Crippen LogP contribution in [0.15, 0.2) is 24.3 Å². The molecule has 2 aliphatic rings. The number of nitrogens with zero attached hydrogens (tertiary/aromatic N) is 1. The molecule has 1 saturated carbocycles. The van der Waals surface area contributed by atoms with Crippen molar-refractivity contribution in [1.29, 1.82) is 0 Å². The molecule has 23 heavy (non-hydrogen) atoms. The van der Waals surface area contributed by atoms with Crippen LogP contribution in [0.5, 0.6) is 5.75 Å². The number of carbonyl (C=O) groups excluding carboxylic acids is 2. The average molecular weight is 316 g/mol. The zero-order valence-corrected chi connectivity index (χ0v) is 13.6. The van der Waals surface area contributed by atoms with Crippen molar-refractivity contribution in [2.24, 2.45) is 11.8 Å². The zero-order valence-electron chi connectivity index (χ0n) is 13.6. The van der Waals surface area contributed by atoms with Gasteiger partial charge >= 0.3 is 0 Å². The Morgan fingerprint density at radius 2 is 1.87 bits per heavy atom. The van der Waals surface area contributed by atoms with Crippen molar-refractivity contribution in [3.05, 3.63) is 24.3 Å². The summed E-state index contributed by atoms with van der Waals surface area (Å²) in [4.78, 5) is 26.8. The number of hydrogen-bond donors (Lipinski definition) is 1. The molecule has 2 unspecified atom stereocenters. The molecular weight excluding hydrogens is 292 g/mol. The van der Waals surface area contributed by atoms with E-state index in [1.165, 1.54) is 12.8 Å². The predicted octanol–water partition coefficient (Wildman–Crippen LogP) is 2.67. The van der Waals surface area contributed by atoms with Gasteiger partial charge in [-0.25, -0.2) is 0 Å². The molecule has 5 heteroatoms. The van der Waals surface area contributed by atoms with Gasteiger partial charge in [0.1, 0.15) is 5.75 Å². The third-order valence-electron chi connectivity index (χ3n) is 4.70. The van der Waals surface area contributed by atoms with E-state index in [0.717, 1.165) is 25.9 Å². The Balaban J connectivity index is 1.54. The van der Waals surface area contributed by atoms with Gasteiger partial charge in [0.25, 0.3) is 0 Å². The largest absolute Gasteiger partial charge is 0.497 e. The molecule has 2 amide bonds. The van der Waals surface area contributed by atoms with Crippen molar-refractivity contribution < 1.29 is 14.3 Å². The van der Waals surface area contributed by atoms with Gasteiger partial charge in [0.15, 0.2) is 0 Å². The number of rotatable bonds is 4. The molecule has 1 N–H and O–H groups in total. The summed E-state index contributed by atoms with van der Waals surface area (Å²) in [6.45, 7) is 1.69. The second-order valence-electron chi connectivity index (χ2n) is 6.41. The van der Waals surface area contributed by atoms with Crippen LogP contribution in [-0.4, -0.2) is 36.9 Å². The normalized spacial score (nSPS) is 23.8. The maximum atomic E-state index is 12.5. The summed E-state index contributed by atoms with van der Waals surface area (Å²) in [7, 11) is 1.59. The first kappa shape index (κ1) is 15.8. The fraction of sp³-hybridized carbons (Fsp3) is 0.556. The lowest BCUT2D eigenvalue weighted by Crippen LogP contribution is -2.34. The van der Waals surface area contributed by atoms with Gasteiger partial charge in [0.2, 0.25) is 11.8 Å². The molecule has 2 fully saturated rings. The minimum Gasteiger partial charge on any atom is -0.497 e. The average Bonchev–Trinajstić information content (AvgIpc) is 3.38. The lowest BCUT2D eigenvalue weighted by Gasteiger charge is -2.20. The summed E-state index contributed by atoms with van der Waals surface area (Å²) in [6, 6.07) is 7.28. The van der Waals surface area contributed by atoms with Crippen LogP contribution in [0.3, 0.4) is 0 Å². The van der Waals surface area contributed by atoms with Gasteiger partial charge in [-0.1, -0.05) is 18.9 Å². The van der Waals surface area contributed by atoms with Crippen LogP contribution in [0, 0.1) is 11.8 Å². The highest BCUT2D eigenvalue weighted by atomic mass is 16.5. The molecule has 1 saturated heterocycles. The van der Waals surface area contributed by atoms with Crippen molar-refractivity contribution >= 4 is 17.5 Å². The van der Waals surface area contributed by atoms with Gasteiger partial charge in [-0.2, -0.15) is 0 Å². The molecule has 1 aliphatic heterocycles. The number of hydrogen-bond acceptors (Lipinski definition) is 3. The molecule has 1 aliphatic carbocycles. The number of anilines is 1. The van der Waals surface area contributed by atoms with E-state index in [1.54, 1.807) is 13.2 Å². The van der Waals surface area contributed by atoms with Crippen molar-refractivity contribution in [3.63, 3.8) is 0 Å². The number of likely N-dealkylation sites (tertiary alicyclic amines) is 1. The fourth-order valence-corrected chi connectivity index (χ4v) is 3.22. The van der Waals surface area contributed by atoms with Gasteiger partial charge in [-0.15, -0.1) is 0 Å². The standard InChI is InChI=1S/C18H24N2O3/c1-23-14-8-6-7-13(11-14)19-17(21)15-12-16(15)18(22)20-9-4-2-3-5-10-20/h6-8,11,15-16H,2-5,9-10,12H2,1H3,(H,19,21). The summed E-state index contributed by atoms with van der Waals surface area (Å²) >= 11 is 0. The second kappa shape index (κ2) is 7.02. The van der Waals surface area contributed by atoms with Gasteiger partial charge in [-0.3, -0.25) is 9.59 Å². The van der Waals surface area contributed by atoms with Crippen LogP contribution in [-0.2, 0) is 9.59 Å². The fourth-order valence-electron chi connectivity index (χ4n) is 3.22. The molecule has 1 aromatic rings. The van der Waals surface area contributed by atoms with Crippen molar-refractivity contribution in [2.45, 2.75) is 32.1 Å². The molecule has 0 bridgehead atoms. The smallest absolute Gasteiger partial charge is 0.228 e. The van der Waals surface area contributed by atoms with E-state index in [4.69, 9.17) is 4.74 Å². The van der Waals surface area contributed by atoms with Crippen molar-refractivity contribution in [2.75, 3.05) is 25.5 Å². The van der Waals surface area contributed by atoms with E-state index in [1.807, 2.05) is 23.1 Å². The summed E-state index contributed by atoms with van der Waals surface area (Å²) in [5.41, 5.74) is 0.710. The third kappa shape index (κ3) is 3.84. The summed E-state index contributed by atoms with van der Waals surface area (Å²) < 4.78 is 5.15. The Morgan fingerprint density at radius 3 is 2.57 bits per heavy atom. The van der Waals surface area contributed by atoms with Gasteiger partial charge in [0, 0.05) is 24.8 Å². The van der Waals surface area contributed by atoms with Crippen LogP contribution in [0.2, 0.25) is 0 Å². The van der Waals surface area contributed by atoms with Crippen LogP contribution >= 0.6 is 0 Å². The maximum Gasteiger partial charge on any atom is 0.228 e. The molecule has 1 heterocycles. The maximum absolute atomic E-state index is 12.5. The van der Waals surface area contributed by atoms with Crippen LogP contribution in [0.1, 0.15) is 32.1 Å². The Hall–Kier alpha value is -2.04. The van der Waals surface area contributed by atoms with Crippen molar-refractivity contribution in [3.8, 4) is 5.75 Å². The first-order valence-electron chi connectivity index (χ1n) is 8.43. The number of ether oxygens (including phenoxy) is 1. The van der Waals surface area contributed by atoms with E-state index in [2.05, 4.69) is 5.32 Å². The quantitative estimate of drug-likeness (QED) is 0.929. The number of methoxy groups -OCH3 is 1. The Bertz CT molecular complexity index is 579.